The van der Waals surface area contributed by atoms with Crippen LogP contribution in [0.1, 0.15) is 66.8 Å². The highest BCUT2D eigenvalue weighted by atomic mass is 14.0. The first-order chi connectivity index (χ1) is 19.8. The Kier molecular flexibility index (Phi) is 16.6. The Morgan fingerprint density at radius 1 is 0.238 bits per heavy atom. The fourth-order valence-corrected chi connectivity index (χ4v) is 3.99. The van der Waals surface area contributed by atoms with Crippen molar-refractivity contribution < 1.29 is 0 Å². The van der Waals surface area contributed by atoms with Crippen molar-refractivity contribution in [2.75, 3.05) is 0 Å². The molecule has 0 fully saturated rings. The van der Waals surface area contributed by atoms with E-state index in [-0.39, 0.29) is 0 Å². The second kappa shape index (κ2) is 19.3. The lowest BCUT2D eigenvalue weighted by atomic mass is 10.0. The van der Waals surface area contributed by atoms with E-state index >= 15 is 0 Å². The number of benzene rings is 5. The van der Waals surface area contributed by atoms with Crippen LogP contribution < -0.4 is 0 Å². The molecular weight excluding hydrogens is 504 g/mol. The fraction of sp³-hybridized carbons (Fsp3) is 0.286. The second-order valence-electron chi connectivity index (χ2n) is 11.4. The van der Waals surface area contributed by atoms with Gasteiger partial charge in [-0.05, 0) is 133 Å². The molecule has 0 spiro atoms. The van der Waals surface area contributed by atoms with Crippen LogP contribution >= 0.6 is 0 Å². The van der Waals surface area contributed by atoms with Crippen molar-refractivity contribution in [1.29, 1.82) is 0 Å². The molecule has 42 heavy (non-hydrogen) atoms. The summed E-state index contributed by atoms with van der Waals surface area (Å²) in [5.41, 5.74) is 16.6. The highest BCUT2D eigenvalue weighted by Crippen LogP contribution is 2.15. The molecule has 0 nitrogen and oxygen atoms in total. The molecule has 0 N–H and O–H groups in total. The van der Waals surface area contributed by atoms with Crippen LogP contribution in [-0.2, 0) is 0 Å². The van der Waals surface area contributed by atoms with E-state index in [2.05, 4.69) is 174 Å². The molecule has 0 unspecified atom stereocenters. The first-order valence-electron chi connectivity index (χ1n) is 15.0. The van der Waals surface area contributed by atoms with Gasteiger partial charge in [-0.15, -0.1) is 0 Å². The quantitative estimate of drug-likeness (QED) is 0.177. The molecule has 0 aliphatic carbocycles. The van der Waals surface area contributed by atoms with Crippen molar-refractivity contribution in [3.05, 3.63) is 176 Å². The molecule has 222 valence electrons. The van der Waals surface area contributed by atoms with Gasteiger partial charge in [0.05, 0.1) is 0 Å². The summed E-state index contributed by atoms with van der Waals surface area (Å²) in [5.74, 6) is 0. The molecule has 0 heteroatoms. The third-order valence-electron chi connectivity index (χ3n) is 7.74. The molecule has 5 rings (SSSR count). The summed E-state index contributed by atoms with van der Waals surface area (Å²) in [7, 11) is 0. The minimum Gasteiger partial charge on any atom is -0.0622 e. The fourth-order valence-electron chi connectivity index (χ4n) is 3.99. The highest BCUT2D eigenvalue weighted by Gasteiger charge is 1.97. The predicted octanol–water partition coefficient (Wildman–Crippen LogP) is 12.1. The topological polar surface area (TPSA) is 0 Å². The van der Waals surface area contributed by atoms with E-state index in [9.17, 15) is 0 Å². The summed E-state index contributed by atoms with van der Waals surface area (Å²) in [6.45, 7) is 25.6. The van der Waals surface area contributed by atoms with Gasteiger partial charge >= 0.3 is 0 Å². The van der Waals surface area contributed by atoms with Gasteiger partial charge in [0.2, 0.25) is 0 Å². The minimum atomic E-state index is 1.32. The van der Waals surface area contributed by atoms with E-state index in [0.717, 1.165) is 0 Å². The summed E-state index contributed by atoms with van der Waals surface area (Å²) < 4.78 is 0. The van der Waals surface area contributed by atoms with E-state index in [1.54, 1.807) is 0 Å². The second-order valence-corrected chi connectivity index (χ2v) is 11.4. The van der Waals surface area contributed by atoms with Crippen LogP contribution in [0.3, 0.4) is 0 Å². The summed E-state index contributed by atoms with van der Waals surface area (Å²) in [5, 5.41) is 0. The van der Waals surface area contributed by atoms with Gasteiger partial charge in [0, 0.05) is 0 Å². The SMILES string of the molecule is Cc1ccc(C)c(C)c1C.Cc1cccc(C)c1.Cc1cccc(C)c1C.Cc1ccccc1.Cc1ccccc1C. The minimum absolute atomic E-state index is 1.32. The molecule has 0 aromatic heterocycles. The van der Waals surface area contributed by atoms with Crippen LogP contribution in [0.4, 0.5) is 0 Å². The molecule has 5 aromatic carbocycles. The molecule has 0 aliphatic rings. The van der Waals surface area contributed by atoms with E-state index < -0.39 is 0 Å². The van der Waals surface area contributed by atoms with Gasteiger partial charge in [-0.2, -0.15) is 0 Å². The highest BCUT2D eigenvalue weighted by molar-refractivity contribution is 5.37. The van der Waals surface area contributed by atoms with Gasteiger partial charge in [0.25, 0.3) is 0 Å². The van der Waals surface area contributed by atoms with Crippen LogP contribution in [0.2, 0.25) is 0 Å². The van der Waals surface area contributed by atoms with Crippen molar-refractivity contribution in [1.82, 2.24) is 0 Å². The maximum Gasteiger partial charge on any atom is -0.0392 e. The maximum atomic E-state index is 2.18. The molecule has 0 atom stereocenters. The Morgan fingerprint density at radius 3 is 0.833 bits per heavy atom. The van der Waals surface area contributed by atoms with Gasteiger partial charge in [-0.1, -0.05) is 126 Å². The largest absolute Gasteiger partial charge is 0.0622 e. The van der Waals surface area contributed by atoms with Crippen molar-refractivity contribution in [3.8, 4) is 0 Å². The summed E-state index contributed by atoms with van der Waals surface area (Å²) in [4.78, 5) is 0. The van der Waals surface area contributed by atoms with Crippen molar-refractivity contribution in [2.24, 2.45) is 0 Å². The smallest absolute Gasteiger partial charge is 0.0392 e. The molecule has 0 radical (unpaired) electrons. The molecular formula is C42H54. The van der Waals surface area contributed by atoms with Crippen LogP contribution in [0.15, 0.2) is 109 Å². The van der Waals surface area contributed by atoms with Crippen LogP contribution in [-0.4, -0.2) is 0 Å². The Hall–Kier alpha value is -3.90. The molecule has 0 amide bonds. The standard InChI is InChI=1S/C10H14.C9H12.2C8H10.C7H8/c1-7-5-6-8(2)10(4)9(7)3;1-7-5-4-6-8(2)9(7)3;1-7-4-3-5-8(2)6-7;1-7-5-3-4-6-8(7)2;1-7-5-3-2-4-6-7/h5-6H,1-4H3;4-6H,1-3H3;2*3-6H,1-2H3;2-6H,1H3. The zero-order valence-corrected chi connectivity index (χ0v) is 28.4. The van der Waals surface area contributed by atoms with Crippen molar-refractivity contribution >= 4 is 0 Å². The lowest BCUT2D eigenvalue weighted by Crippen LogP contribution is -1.88. The van der Waals surface area contributed by atoms with Crippen molar-refractivity contribution in [3.63, 3.8) is 0 Å². The summed E-state index contributed by atoms with van der Waals surface area (Å²) in [6.07, 6.45) is 0. The average Bonchev–Trinajstić information content (AvgIpc) is 2.96. The molecule has 0 saturated heterocycles. The monoisotopic (exact) mass is 558 g/mol. The molecule has 0 aliphatic heterocycles. The molecule has 5 aromatic rings. The number of hydrogen-bond donors (Lipinski definition) is 0. The third kappa shape index (κ3) is 14.1. The first kappa shape index (κ1) is 36.1. The van der Waals surface area contributed by atoms with E-state index in [1.807, 2.05) is 18.2 Å². The average molecular weight is 559 g/mol. The molecule has 0 bridgehead atoms. The summed E-state index contributed by atoms with van der Waals surface area (Å²) >= 11 is 0. The zero-order chi connectivity index (χ0) is 31.7. The molecule has 0 heterocycles. The van der Waals surface area contributed by atoms with Crippen molar-refractivity contribution in [2.45, 2.75) is 83.1 Å². The summed E-state index contributed by atoms with van der Waals surface area (Å²) in [6, 6.07) is 37.8. The van der Waals surface area contributed by atoms with Crippen LogP contribution in [0.5, 0.6) is 0 Å². The third-order valence-corrected chi connectivity index (χ3v) is 7.74. The lowest BCUT2D eigenvalue weighted by molar-refractivity contribution is 1.22. The number of rotatable bonds is 0. The van der Waals surface area contributed by atoms with E-state index in [0.29, 0.717) is 0 Å². The lowest BCUT2D eigenvalue weighted by Gasteiger charge is -2.06. The van der Waals surface area contributed by atoms with Gasteiger partial charge in [0.15, 0.2) is 0 Å². The van der Waals surface area contributed by atoms with Crippen LogP contribution in [0, 0.1) is 83.1 Å². The Bertz CT molecular complexity index is 1390. The van der Waals surface area contributed by atoms with Crippen LogP contribution in [0.25, 0.3) is 0 Å². The van der Waals surface area contributed by atoms with E-state index in [4.69, 9.17) is 0 Å². The normalized spacial score (nSPS) is 9.43. The number of aryl methyl sites for hydroxylation is 9. The Morgan fingerprint density at radius 2 is 0.548 bits per heavy atom. The van der Waals surface area contributed by atoms with E-state index in [1.165, 1.54) is 66.8 Å². The van der Waals surface area contributed by atoms with Gasteiger partial charge in [-0.25, -0.2) is 0 Å². The maximum absolute atomic E-state index is 2.18. The zero-order valence-electron chi connectivity index (χ0n) is 28.4. The van der Waals surface area contributed by atoms with Gasteiger partial charge < -0.3 is 0 Å². The van der Waals surface area contributed by atoms with Gasteiger partial charge in [0.1, 0.15) is 0 Å². The van der Waals surface area contributed by atoms with Gasteiger partial charge in [-0.3, -0.25) is 0 Å². The number of hydrogen-bond acceptors (Lipinski definition) is 0. The molecule has 0 saturated carbocycles. The predicted molar refractivity (Wildman–Crippen MR) is 189 cm³/mol. The first-order valence-corrected chi connectivity index (χ1v) is 15.0. The Labute approximate surface area is 258 Å². The Balaban J connectivity index is 0.000000264.